The van der Waals surface area contributed by atoms with E-state index in [1.54, 1.807) is 0 Å². The molecule has 0 radical (unpaired) electrons. The van der Waals surface area contributed by atoms with Crippen molar-refractivity contribution in [2.75, 3.05) is 47.5 Å². The summed E-state index contributed by atoms with van der Waals surface area (Å²) in [6, 6.07) is 0. The minimum atomic E-state index is -4.34. The number of phosphoric acid groups is 1. The Morgan fingerprint density at radius 2 is 1.07 bits per heavy atom. The lowest BCUT2D eigenvalue weighted by Crippen LogP contribution is -2.37. The second kappa shape index (κ2) is 27.3. The number of unbranched alkanes of at least 4 members (excludes halogenated alkanes) is 17. The van der Waals surface area contributed by atoms with Crippen molar-refractivity contribution in [3.8, 4) is 0 Å². The van der Waals surface area contributed by atoms with Gasteiger partial charge in [-0.05, 0) is 12.8 Å². The van der Waals surface area contributed by atoms with Crippen LogP contribution in [0.2, 0.25) is 0 Å². The Kier molecular flexibility index (Phi) is 26.7. The molecular weight excluding hydrogens is 569 g/mol. The summed E-state index contributed by atoms with van der Waals surface area (Å²) in [4.78, 5) is 34.4. The number of phosphoric ester groups is 1. The fourth-order valence-electron chi connectivity index (χ4n) is 4.58. The van der Waals surface area contributed by atoms with Gasteiger partial charge in [0.05, 0.1) is 27.7 Å². The van der Waals surface area contributed by atoms with Crippen LogP contribution < -0.4 is 0 Å². The van der Waals surface area contributed by atoms with Crippen LogP contribution in [-0.4, -0.2) is 74.9 Å². The quantitative estimate of drug-likeness (QED) is 0.0349. The molecule has 0 heterocycles. The van der Waals surface area contributed by atoms with E-state index in [9.17, 15) is 19.0 Å². The first-order valence-electron chi connectivity index (χ1n) is 17.3. The number of esters is 2. The minimum Gasteiger partial charge on any atom is -0.462 e. The summed E-state index contributed by atoms with van der Waals surface area (Å²) in [6.07, 6.45) is 22.6. The molecule has 0 fully saturated rings. The maximum Gasteiger partial charge on any atom is 0.472 e. The molecule has 0 aliphatic heterocycles. The molecule has 256 valence electrons. The Morgan fingerprint density at radius 1 is 0.628 bits per heavy atom. The van der Waals surface area contributed by atoms with Crippen molar-refractivity contribution in [3.05, 3.63) is 0 Å². The summed E-state index contributed by atoms with van der Waals surface area (Å²) in [5.41, 5.74) is 0. The van der Waals surface area contributed by atoms with E-state index >= 15 is 0 Å². The highest BCUT2D eigenvalue weighted by Gasteiger charge is 2.27. The largest absolute Gasteiger partial charge is 0.472 e. The third-order valence-electron chi connectivity index (χ3n) is 7.39. The van der Waals surface area contributed by atoms with Gasteiger partial charge in [0, 0.05) is 12.8 Å². The zero-order valence-corrected chi connectivity index (χ0v) is 29.3. The summed E-state index contributed by atoms with van der Waals surface area (Å²) < 4.78 is 33.6. The number of likely N-dealkylation sites (N-methyl/N-ethyl adjacent to an activating group) is 1. The van der Waals surface area contributed by atoms with Crippen molar-refractivity contribution in [3.63, 3.8) is 0 Å². The van der Waals surface area contributed by atoms with E-state index in [-0.39, 0.29) is 26.1 Å². The van der Waals surface area contributed by atoms with Crippen LogP contribution >= 0.6 is 7.82 Å². The molecule has 0 aromatic heterocycles. The van der Waals surface area contributed by atoms with Gasteiger partial charge in [-0.25, -0.2) is 4.57 Å². The standard InChI is InChI=1S/C33H66NO8P/c1-6-8-10-11-12-13-14-15-16-17-18-19-20-21-22-23-24-26-33(36)42-31(29-39-32(35)25-9-7-2)30-41-43(37,38)40-28-27-34(3,4)5/h31H,6-30H2,1-5H3/p+1. The van der Waals surface area contributed by atoms with E-state index in [1.807, 2.05) is 28.1 Å². The fraction of sp³-hybridized carbons (Fsp3) is 0.939. The second-order valence-electron chi connectivity index (χ2n) is 12.9. The van der Waals surface area contributed by atoms with Gasteiger partial charge in [0.15, 0.2) is 6.10 Å². The molecule has 0 aromatic rings. The number of nitrogens with zero attached hydrogens (tertiary/aromatic N) is 1. The Balaban J connectivity index is 4.12. The molecule has 10 heteroatoms. The maximum absolute atomic E-state index is 12.5. The first kappa shape index (κ1) is 42.0. The summed E-state index contributed by atoms with van der Waals surface area (Å²) in [5, 5.41) is 0. The van der Waals surface area contributed by atoms with Crippen LogP contribution in [0.25, 0.3) is 0 Å². The lowest BCUT2D eigenvalue weighted by atomic mass is 10.0. The number of rotatable bonds is 31. The molecule has 0 rings (SSSR count). The Morgan fingerprint density at radius 3 is 1.53 bits per heavy atom. The van der Waals surface area contributed by atoms with Gasteiger partial charge in [-0.2, -0.15) is 0 Å². The van der Waals surface area contributed by atoms with Crippen LogP contribution in [-0.2, 0) is 32.7 Å². The molecule has 2 unspecified atom stereocenters. The number of hydrogen-bond donors (Lipinski definition) is 1. The van der Waals surface area contributed by atoms with Crippen molar-refractivity contribution in [1.82, 2.24) is 0 Å². The number of carbonyl (C=O) groups excluding carboxylic acids is 2. The van der Waals surface area contributed by atoms with E-state index in [0.717, 1.165) is 19.3 Å². The maximum atomic E-state index is 12.5. The zero-order valence-electron chi connectivity index (χ0n) is 28.5. The fourth-order valence-corrected chi connectivity index (χ4v) is 5.32. The number of quaternary nitrogens is 1. The third kappa shape index (κ3) is 30.8. The van der Waals surface area contributed by atoms with Crippen LogP contribution in [0.5, 0.6) is 0 Å². The molecule has 0 bridgehead atoms. The molecule has 0 aromatic carbocycles. The molecule has 0 spiro atoms. The molecule has 43 heavy (non-hydrogen) atoms. The summed E-state index contributed by atoms with van der Waals surface area (Å²) >= 11 is 0. The summed E-state index contributed by atoms with van der Waals surface area (Å²) in [6.45, 7) is 4.16. The number of hydrogen-bond acceptors (Lipinski definition) is 7. The van der Waals surface area contributed by atoms with E-state index in [4.69, 9.17) is 18.5 Å². The molecule has 1 N–H and O–H groups in total. The topological polar surface area (TPSA) is 108 Å². The smallest absolute Gasteiger partial charge is 0.462 e. The van der Waals surface area contributed by atoms with Crippen molar-refractivity contribution in [2.24, 2.45) is 0 Å². The molecule has 0 saturated heterocycles. The predicted octanol–water partition coefficient (Wildman–Crippen LogP) is 8.51. The van der Waals surface area contributed by atoms with Gasteiger partial charge in [-0.1, -0.05) is 123 Å². The summed E-state index contributed by atoms with van der Waals surface area (Å²) in [7, 11) is 1.48. The van der Waals surface area contributed by atoms with Crippen molar-refractivity contribution >= 4 is 19.8 Å². The van der Waals surface area contributed by atoms with E-state index in [2.05, 4.69) is 6.92 Å². The Labute approximate surface area is 264 Å². The van der Waals surface area contributed by atoms with Gasteiger partial charge < -0.3 is 18.9 Å². The van der Waals surface area contributed by atoms with E-state index in [1.165, 1.54) is 89.9 Å². The number of carbonyl (C=O) groups is 2. The lowest BCUT2D eigenvalue weighted by Gasteiger charge is -2.24. The molecule has 0 amide bonds. The molecular formula is C33H67NO8P+. The molecule has 0 aliphatic carbocycles. The third-order valence-corrected chi connectivity index (χ3v) is 8.37. The van der Waals surface area contributed by atoms with Crippen molar-refractivity contribution < 1.29 is 42.1 Å². The Hall–Kier alpha value is -0.990. The zero-order chi connectivity index (χ0) is 32.2. The van der Waals surface area contributed by atoms with Gasteiger partial charge >= 0.3 is 19.8 Å². The average Bonchev–Trinajstić information content (AvgIpc) is 2.94. The van der Waals surface area contributed by atoms with E-state index in [0.29, 0.717) is 23.9 Å². The normalized spacial score (nSPS) is 13.9. The van der Waals surface area contributed by atoms with Gasteiger partial charge in [0.2, 0.25) is 0 Å². The van der Waals surface area contributed by atoms with Crippen LogP contribution in [0.3, 0.4) is 0 Å². The van der Waals surface area contributed by atoms with Gasteiger partial charge in [0.25, 0.3) is 0 Å². The van der Waals surface area contributed by atoms with Gasteiger partial charge in [-0.15, -0.1) is 0 Å². The SMILES string of the molecule is CCCCCCCCCCCCCCCCCCCC(=O)OC(COC(=O)CCCC)COP(=O)(O)OCC[N+](C)(C)C. The van der Waals surface area contributed by atoms with Crippen LogP contribution in [0.15, 0.2) is 0 Å². The van der Waals surface area contributed by atoms with Crippen molar-refractivity contribution in [2.45, 2.75) is 155 Å². The highest BCUT2D eigenvalue weighted by atomic mass is 31.2. The molecule has 9 nitrogen and oxygen atoms in total. The van der Waals surface area contributed by atoms with Gasteiger partial charge in [0.1, 0.15) is 19.8 Å². The molecule has 0 aliphatic rings. The summed E-state index contributed by atoms with van der Waals surface area (Å²) in [5.74, 6) is -0.833. The van der Waals surface area contributed by atoms with E-state index < -0.39 is 32.5 Å². The Bertz CT molecular complexity index is 728. The predicted molar refractivity (Wildman–Crippen MR) is 174 cm³/mol. The monoisotopic (exact) mass is 636 g/mol. The first-order valence-corrected chi connectivity index (χ1v) is 18.8. The van der Waals surface area contributed by atoms with Crippen LogP contribution in [0, 0.1) is 0 Å². The molecule has 0 saturated carbocycles. The van der Waals surface area contributed by atoms with Crippen molar-refractivity contribution in [1.29, 1.82) is 0 Å². The lowest BCUT2D eigenvalue weighted by molar-refractivity contribution is -0.870. The molecule has 2 atom stereocenters. The second-order valence-corrected chi connectivity index (χ2v) is 14.4. The first-order chi connectivity index (χ1) is 20.5. The average molecular weight is 637 g/mol. The number of ether oxygens (including phenoxy) is 2. The van der Waals surface area contributed by atoms with Crippen LogP contribution in [0.4, 0.5) is 0 Å². The van der Waals surface area contributed by atoms with Crippen LogP contribution in [0.1, 0.15) is 149 Å². The highest BCUT2D eigenvalue weighted by molar-refractivity contribution is 7.47. The highest BCUT2D eigenvalue weighted by Crippen LogP contribution is 2.43. The van der Waals surface area contributed by atoms with Gasteiger partial charge in [-0.3, -0.25) is 18.6 Å². The minimum absolute atomic E-state index is 0.0348.